The van der Waals surface area contributed by atoms with E-state index in [1.54, 1.807) is 29.5 Å². The zero-order valence-electron chi connectivity index (χ0n) is 16.1. The Morgan fingerprint density at radius 3 is 2.83 bits per heavy atom. The molecule has 0 spiro atoms. The first-order chi connectivity index (χ1) is 14.6. The first-order valence-corrected chi connectivity index (χ1v) is 12.0. The van der Waals surface area contributed by atoms with Gasteiger partial charge in [0, 0.05) is 27.6 Å². The average molecular weight is 477 g/mol. The number of thioether (sulfide) groups is 1. The van der Waals surface area contributed by atoms with Gasteiger partial charge in [0.1, 0.15) is 0 Å². The van der Waals surface area contributed by atoms with Crippen LogP contribution in [0.3, 0.4) is 0 Å². The van der Waals surface area contributed by atoms with E-state index in [0.717, 1.165) is 34.9 Å². The average Bonchev–Trinajstić information content (AvgIpc) is 3.34. The number of carbonyl (C=O) groups excluding carboxylic acids is 1. The molecule has 0 aliphatic rings. The van der Waals surface area contributed by atoms with Gasteiger partial charge < -0.3 is 9.88 Å². The van der Waals surface area contributed by atoms with Gasteiger partial charge in [-0.2, -0.15) is 0 Å². The lowest BCUT2D eigenvalue weighted by Gasteiger charge is -2.10. The van der Waals surface area contributed by atoms with E-state index in [-0.39, 0.29) is 11.7 Å². The molecule has 0 radical (unpaired) electrons. The highest BCUT2D eigenvalue weighted by Crippen LogP contribution is 2.35. The van der Waals surface area contributed by atoms with E-state index in [1.807, 2.05) is 12.1 Å². The van der Waals surface area contributed by atoms with Crippen molar-refractivity contribution in [2.24, 2.45) is 0 Å². The molecule has 30 heavy (non-hydrogen) atoms. The fourth-order valence-corrected chi connectivity index (χ4v) is 5.14. The maximum Gasteiger partial charge on any atom is 0.234 e. The monoisotopic (exact) mass is 476 g/mol. The lowest BCUT2D eigenvalue weighted by Crippen LogP contribution is -2.15. The molecule has 2 aromatic carbocycles. The van der Waals surface area contributed by atoms with Crippen LogP contribution >= 0.6 is 46.3 Å². The van der Waals surface area contributed by atoms with Crippen molar-refractivity contribution in [1.29, 1.82) is 0 Å². The van der Waals surface area contributed by atoms with Crippen LogP contribution in [0.5, 0.6) is 0 Å². The molecule has 0 unspecified atom stereocenters. The van der Waals surface area contributed by atoms with Gasteiger partial charge in [-0.3, -0.25) is 4.79 Å². The number of nitrogens with zero attached hydrogens (tertiary/aromatic N) is 3. The van der Waals surface area contributed by atoms with Crippen molar-refractivity contribution in [3.05, 3.63) is 57.9 Å². The first-order valence-electron chi connectivity index (χ1n) is 9.35. The van der Waals surface area contributed by atoms with Crippen LogP contribution in [0.15, 0.2) is 53.0 Å². The Balaban J connectivity index is 1.53. The van der Waals surface area contributed by atoms with Crippen LogP contribution < -0.4 is 5.32 Å². The summed E-state index contributed by atoms with van der Waals surface area (Å²) in [5, 5.41) is 16.3. The summed E-state index contributed by atoms with van der Waals surface area (Å²) in [5.74, 6) is 0.836. The second-order valence-electron chi connectivity index (χ2n) is 6.54. The Kier molecular flexibility index (Phi) is 6.63. The minimum Gasteiger partial charge on any atom is -0.324 e. The SMILES string of the molecule is CCCn1c(SCC(=O)Nc2cccc(Cl)c2Cl)nnc1-c1csc2ccccc12. The predicted octanol–water partition coefficient (Wildman–Crippen LogP) is 6.61. The second kappa shape index (κ2) is 9.39. The third kappa shape index (κ3) is 4.34. The number of aromatic nitrogens is 3. The van der Waals surface area contributed by atoms with Crippen LogP contribution in [0.1, 0.15) is 13.3 Å². The van der Waals surface area contributed by atoms with E-state index < -0.39 is 0 Å². The fourth-order valence-electron chi connectivity index (χ4n) is 3.09. The molecule has 0 saturated heterocycles. The Morgan fingerprint density at radius 2 is 2.00 bits per heavy atom. The lowest BCUT2D eigenvalue weighted by molar-refractivity contribution is -0.113. The summed E-state index contributed by atoms with van der Waals surface area (Å²) >= 11 is 15.2. The normalized spacial score (nSPS) is 11.2. The standard InChI is InChI=1S/C21H18Cl2N4OS2/c1-2-10-27-20(14-11-29-17-9-4-3-6-13(14)17)25-26-21(27)30-12-18(28)24-16-8-5-7-15(22)19(16)23/h3-9,11H,2,10,12H2,1H3,(H,24,28). The lowest BCUT2D eigenvalue weighted by atomic mass is 10.1. The Morgan fingerprint density at radius 1 is 1.17 bits per heavy atom. The number of nitrogens with one attached hydrogen (secondary N) is 1. The van der Waals surface area contributed by atoms with Crippen molar-refractivity contribution in [2.45, 2.75) is 25.0 Å². The molecule has 0 saturated carbocycles. The minimum atomic E-state index is -0.183. The highest BCUT2D eigenvalue weighted by atomic mass is 35.5. The van der Waals surface area contributed by atoms with Crippen molar-refractivity contribution in [3.8, 4) is 11.4 Å². The van der Waals surface area contributed by atoms with Crippen LogP contribution in [0.25, 0.3) is 21.5 Å². The topological polar surface area (TPSA) is 59.8 Å². The number of fused-ring (bicyclic) bond motifs is 1. The molecule has 1 N–H and O–H groups in total. The molecule has 2 heterocycles. The Labute approximate surface area is 192 Å². The smallest absolute Gasteiger partial charge is 0.234 e. The van der Waals surface area contributed by atoms with Gasteiger partial charge in [0.2, 0.25) is 5.91 Å². The molecule has 0 aliphatic heterocycles. The van der Waals surface area contributed by atoms with Crippen molar-refractivity contribution in [1.82, 2.24) is 14.8 Å². The number of hydrogen-bond acceptors (Lipinski definition) is 5. The third-order valence-corrected chi connectivity index (χ3v) is 7.19. The highest BCUT2D eigenvalue weighted by Gasteiger charge is 2.18. The molecule has 2 aromatic heterocycles. The van der Waals surface area contributed by atoms with Crippen LogP contribution in [0.2, 0.25) is 10.0 Å². The van der Waals surface area contributed by atoms with E-state index in [1.165, 1.54) is 16.5 Å². The number of thiophene rings is 1. The molecular weight excluding hydrogens is 459 g/mol. The number of hydrogen-bond donors (Lipinski definition) is 1. The summed E-state index contributed by atoms with van der Waals surface area (Å²) in [7, 11) is 0. The summed E-state index contributed by atoms with van der Waals surface area (Å²) in [5.41, 5.74) is 1.56. The molecule has 4 rings (SSSR count). The maximum absolute atomic E-state index is 12.4. The molecule has 154 valence electrons. The van der Waals surface area contributed by atoms with Gasteiger partial charge in [-0.05, 0) is 24.6 Å². The number of amides is 1. The second-order valence-corrected chi connectivity index (χ2v) is 9.18. The van der Waals surface area contributed by atoms with E-state index in [0.29, 0.717) is 15.7 Å². The largest absolute Gasteiger partial charge is 0.324 e. The van der Waals surface area contributed by atoms with Crippen molar-refractivity contribution >= 4 is 68.0 Å². The zero-order valence-corrected chi connectivity index (χ0v) is 19.2. The molecular formula is C21H18Cl2N4OS2. The van der Waals surface area contributed by atoms with Crippen LogP contribution in [-0.2, 0) is 11.3 Å². The molecule has 5 nitrogen and oxygen atoms in total. The quantitative estimate of drug-likeness (QED) is 0.305. The van der Waals surface area contributed by atoms with Crippen molar-refractivity contribution in [2.75, 3.05) is 11.1 Å². The van der Waals surface area contributed by atoms with Crippen LogP contribution in [0.4, 0.5) is 5.69 Å². The third-order valence-electron chi connectivity index (χ3n) is 4.44. The molecule has 0 atom stereocenters. The number of carbonyl (C=O) groups is 1. The highest BCUT2D eigenvalue weighted by molar-refractivity contribution is 7.99. The molecule has 0 bridgehead atoms. The minimum absolute atomic E-state index is 0.183. The Bertz CT molecular complexity index is 1200. The van der Waals surface area contributed by atoms with Crippen LogP contribution in [-0.4, -0.2) is 26.4 Å². The maximum atomic E-state index is 12.4. The van der Waals surface area contributed by atoms with Gasteiger partial charge in [-0.15, -0.1) is 21.5 Å². The van der Waals surface area contributed by atoms with Gasteiger partial charge in [-0.25, -0.2) is 0 Å². The molecule has 0 fully saturated rings. The fraction of sp³-hybridized carbons (Fsp3) is 0.190. The van der Waals surface area contributed by atoms with Gasteiger partial charge in [0.25, 0.3) is 0 Å². The van der Waals surface area contributed by atoms with Gasteiger partial charge >= 0.3 is 0 Å². The molecule has 4 aromatic rings. The van der Waals surface area contributed by atoms with Gasteiger partial charge in [0.15, 0.2) is 11.0 Å². The number of rotatable bonds is 7. The van der Waals surface area contributed by atoms with E-state index in [9.17, 15) is 4.79 Å². The predicted molar refractivity (Wildman–Crippen MR) is 127 cm³/mol. The van der Waals surface area contributed by atoms with Gasteiger partial charge in [-0.1, -0.05) is 66.2 Å². The number of halogens is 2. The Hall–Kier alpha value is -2.06. The number of benzene rings is 2. The van der Waals surface area contributed by atoms with Crippen LogP contribution in [0, 0.1) is 0 Å². The van der Waals surface area contributed by atoms with E-state index >= 15 is 0 Å². The molecule has 9 heteroatoms. The first kappa shape index (κ1) is 21.2. The summed E-state index contributed by atoms with van der Waals surface area (Å²) < 4.78 is 3.30. The summed E-state index contributed by atoms with van der Waals surface area (Å²) in [6, 6.07) is 13.4. The summed E-state index contributed by atoms with van der Waals surface area (Å²) in [6.45, 7) is 2.88. The van der Waals surface area contributed by atoms with Gasteiger partial charge in [0.05, 0.1) is 21.5 Å². The van der Waals surface area contributed by atoms with E-state index in [2.05, 4.69) is 44.5 Å². The summed E-state index contributed by atoms with van der Waals surface area (Å²) in [4.78, 5) is 12.4. The van der Waals surface area contributed by atoms with E-state index in [4.69, 9.17) is 23.2 Å². The zero-order chi connectivity index (χ0) is 21.1. The van der Waals surface area contributed by atoms with Crippen molar-refractivity contribution in [3.63, 3.8) is 0 Å². The summed E-state index contributed by atoms with van der Waals surface area (Å²) in [6.07, 6.45) is 0.936. The molecule has 1 amide bonds. The molecule has 0 aliphatic carbocycles. The van der Waals surface area contributed by atoms with Crippen molar-refractivity contribution < 1.29 is 4.79 Å². The number of anilines is 1.